The lowest BCUT2D eigenvalue weighted by atomic mass is 9.95. The normalized spacial score (nSPS) is 11.2. The van der Waals surface area contributed by atoms with E-state index >= 15 is 0 Å². The van der Waals surface area contributed by atoms with Gasteiger partial charge in [-0.1, -0.05) is 115 Å². The number of fused-ring (bicyclic) bond motifs is 3. The van der Waals surface area contributed by atoms with Gasteiger partial charge in [0.1, 0.15) is 0 Å². The third-order valence-corrected chi connectivity index (χ3v) is 8.55. The van der Waals surface area contributed by atoms with Crippen LogP contribution in [0.5, 0.6) is 0 Å². The molecule has 8 rings (SSSR count). The van der Waals surface area contributed by atoms with Crippen LogP contribution in [0.1, 0.15) is 0 Å². The van der Waals surface area contributed by atoms with E-state index in [4.69, 9.17) is 5.73 Å². The summed E-state index contributed by atoms with van der Waals surface area (Å²) in [5.41, 5.74) is 19.3. The zero-order valence-electron chi connectivity index (χ0n) is 24.7. The van der Waals surface area contributed by atoms with Crippen molar-refractivity contribution in [1.82, 2.24) is 4.98 Å². The lowest BCUT2D eigenvalue weighted by molar-refractivity contribution is 1.29. The number of nitrogens with two attached hydrogens (primary N) is 1. The Balaban J connectivity index is 1.35. The SMILES string of the molecule is Nc1ccc(-c2ccc(N(c3ccc(-c4ccccc4)cc3)c3ccc4[nH]c5ccccc5c4c3-c3ccccc3)cc2)cc1. The number of anilines is 4. The quantitative estimate of drug-likeness (QED) is 0.193. The second-order valence-corrected chi connectivity index (χ2v) is 11.3. The van der Waals surface area contributed by atoms with Gasteiger partial charge >= 0.3 is 0 Å². The zero-order chi connectivity index (χ0) is 30.2. The van der Waals surface area contributed by atoms with Gasteiger partial charge in [-0.3, -0.25) is 0 Å². The molecule has 0 aliphatic rings. The number of para-hydroxylation sites is 1. The Kier molecular flexibility index (Phi) is 6.62. The molecule has 0 spiro atoms. The highest BCUT2D eigenvalue weighted by Crippen LogP contribution is 2.46. The third kappa shape index (κ3) is 4.91. The lowest BCUT2D eigenvalue weighted by Crippen LogP contribution is -2.11. The number of aromatic nitrogens is 1. The highest BCUT2D eigenvalue weighted by atomic mass is 15.1. The molecule has 0 aliphatic heterocycles. The van der Waals surface area contributed by atoms with E-state index in [0.717, 1.165) is 44.9 Å². The molecule has 0 radical (unpaired) electrons. The van der Waals surface area contributed by atoms with Crippen LogP contribution in [0.4, 0.5) is 22.7 Å². The summed E-state index contributed by atoms with van der Waals surface area (Å²) in [4.78, 5) is 6.04. The summed E-state index contributed by atoms with van der Waals surface area (Å²) < 4.78 is 0. The van der Waals surface area contributed by atoms with Crippen molar-refractivity contribution in [2.24, 2.45) is 0 Å². The van der Waals surface area contributed by atoms with Crippen molar-refractivity contribution in [2.45, 2.75) is 0 Å². The number of hydrogen-bond acceptors (Lipinski definition) is 2. The summed E-state index contributed by atoms with van der Waals surface area (Å²) >= 11 is 0. The molecular weight excluding hydrogens is 546 g/mol. The fourth-order valence-corrected chi connectivity index (χ4v) is 6.35. The van der Waals surface area contributed by atoms with Crippen LogP contribution in [0.2, 0.25) is 0 Å². The molecule has 0 saturated carbocycles. The zero-order valence-corrected chi connectivity index (χ0v) is 24.7. The average Bonchev–Trinajstić information content (AvgIpc) is 3.49. The summed E-state index contributed by atoms with van der Waals surface area (Å²) in [6.07, 6.45) is 0. The van der Waals surface area contributed by atoms with E-state index in [1.54, 1.807) is 0 Å². The van der Waals surface area contributed by atoms with Crippen LogP contribution >= 0.6 is 0 Å². The van der Waals surface area contributed by atoms with Crippen molar-refractivity contribution in [1.29, 1.82) is 0 Å². The second kappa shape index (κ2) is 11.2. The third-order valence-electron chi connectivity index (χ3n) is 8.55. The molecular formula is C42H31N3. The van der Waals surface area contributed by atoms with Crippen LogP contribution in [-0.4, -0.2) is 4.98 Å². The van der Waals surface area contributed by atoms with Gasteiger partial charge < -0.3 is 15.6 Å². The summed E-state index contributed by atoms with van der Waals surface area (Å²) in [6.45, 7) is 0. The van der Waals surface area contributed by atoms with Crippen molar-refractivity contribution in [2.75, 3.05) is 10.6 Å². The molecule has 0 fully saturated rings. The second-order valence-electron chi connectivity index (χ2n) is 11.3. The van der Waals surface area contributed by atoms with Gasteiger partial charge in [-0.05, 0) is 82.4 Å². The molecule has 3 nitrogen and oxygen atoms in total. The first-order valence-electron chi connectivity index (χ1n) is 15.2. The van der Waals surface area contributed by atoms with Gasteiger partial charge in [0, 0.05) is 44.4 Å². The smallest absolute Gasteiger partial charge is 0.0547 e. The van der Waals surface area contributed by atoms with Gasteiger partial charge in [0.25, 0.3) is 0 Å². The summed E-state index contributed by atoms with van der Waals surface area (Å²) in [6, 6.07) is 60.0. The first-order chi connectivity index (χ1) is 22.2. The maximum absolute atomic E-state index is 5.96. The summed E-state index contributed by atoms with van der Waals surface area (Å²) in [7, 11) is 0. The van der Waals surface area contributed by atoms with Crippen molar-refractivity contribution >= 4 is 44.6 Å². The molecule has 45 heavy (non-hydrogen) atoms. The number of nitrogens with one attached hydrogen (secondary N) is 1. The van der Waals surface area contributed by atoms with Gasteiger partial charge in [0.05, 0.1) is 5.69 Å². The van der Waals surface area contributed by atoms with Crippen molar-refractivity contribution in [3.05, 3.63) is 170 Å². The Morgan fingerprint density at radius 1 is 0.400 bits per heavy atom. The van der Waals surface area contributed by atoms with Crippen LogP contribution in [0, 0.1) is 0 Å². The molecule has 0 unspecified atom stereocenters. The van der Waals surface area contributed by atoms with Crippen LogP contribution in [-0.2, 0) is 0 Å². The molecule has 8 aromatic rings. The van der Waals surface area contributed by atoms with Crippen molar-refractivity contribution in [3.8, 4) is 33.4 Å². The van der Waals surface area contributed by atoms with Crippen LogP contribution in [0.15, 0.2) is 170 Å². The lowest BCUT2D eigenvalue weighted by Gasteiger charge is -2.29. The van der Waals surface area contributed by atoms with Crippen LogP contribution < -0.4 is 10.6 Å². The Morgan fingerprint density at radius 2 is 0.889 bits per heavy atom. The summed E-state index contributed by atoms with van der Waals surface area (Å²) in [5, 5.41) is 2.44. The molecule has 0 amide bonds. The van der Waals surface area contributed by atoms with Crippen LogP contribution in [0.25, 0.3) is 55.2 Å². The topological polar surface area (TPSA) is 45.0 Å². The number of nitrogens with zero attached hydrogens (tertiary/aromatic N) is 1. The molecule has 1 aromatic heterocycles. The molecule has 0 saturated heterocycles. The van der Waals surface area contributed by atoms with Gasteiger partial charge in [0.15, 0.2) is 0 Å². The fourth-order valence-electron chi connectivity index (χ4n) is 6.35. The number of rotatable bonds is 6. The van der Waals surface area contributed by atoms with Crippen LogP contribution in [0.3, 0.4) is 0 Å². The van der Waals surface area contributed by atoms with Gasteiger partial charge in [-0.25, -0.2) is 0 Å². The van der Waals surface area contributed by atoms with E-state index in [-0.39, 0.29) is 0 Å². The largest absolute Gasteiger partial charge is 0.399 e. The Morgan fingerprint density at radius 3 is 1.49 bits per heavy atom. The maximum atomic E-state index is 5.96. The highest BCUT2D eigenvalue weighted by Gasteiger charge is 2.21. The molecule has 1 heterocycles. The summed E-state index contributed by atoms with van der Waals surface area (Å²) in [5.74, 6) is 0. The minimum absolute atomic E-state index is 0.765. The standard InChI is InChI=1S/C42H31N3/c43-34-21-15-30(16-22-34)32-19-25-36(26-20-32)45(35-23-17-31(18-24-35)29-9-3-1-4-10-29)40-28-27-39-42(37-13-7-8-14-38(37)44-39)41(40)33-11-5-2-6-12-33/h1-28,44H,43H2. The molecule has 3 N–H and O–H groups in total. The maximum Gasteiger partial charge on any atom is 0.0547 e. The number of benzene rings is 7. The van der Waals surface area contributed by atoms with Gasteiger partial charge in [-0.15, -0.1) is 0 Å². The predicted octanol–water partition coefficient (Wildman–Crippen LogP) is 11.4. The van der Waals surface area contributed by atoms with Crippen molar-refractivity contribution in [3.63, 3.8) is 0 Å². The van der Waals surface area contributed by atoms with E-state index in [0.29, 0.717) is 0 Å². The molecule has 0 atom stereocenters. The van der Waals surface area contributed by atoms with Crippen molar-refractivity contribution < 1.29 is 0 Å². The molecule has 3 heteroatoms. The van der Waals surface area contributed by atoms with E-state index in [9.17, 15) is 0 Å². The predicted molar refractivity (Wildman–Crippen MR) is 191 cm³/mol. The first-order valence-corrected chi connectivity index (χ1v) is 15.2. The van der Waals surface area contributed by atoms with E-state index < -0.39 is 0 Å². The van der Waals surface area contributed by atoms with E-state index in [2.05, 4.69) is 168 Å². The molecule has 0 aliphatic carbocycles. The van der Waals surface area contributed by atoms with Gasteiger partial charge in [-0.2, -0.15) is 0 Å². The minimum atomic E-state index is 0.765. The van der Waals surface area contributed by atoms with E-state index in [1.165, 1.54) is 33.0 Å². The molecule has 7 aromatic carbocycles. The van der Waals surface area contributed by atoms with Gasteiger partial charge in [0.2, 0.25) is 0 Å². The number of H-pyrrole nitrogens is 1. The molecule has 214 valence electrons. The fraction of sp³-hybridized carbons (Fsp3) is 0. The minimum Gasteiger partial charge on any atom is -0.399 e. The Hall–Kier alpha value is -6.06. The number of hydrogen-bond donors (Lipinski definition) is 2. The van der Waals surface area contributed by atoms with E-state index in [1.807, 2.05) is 12.1 Å². The Labute approximate surface area is 262 Å². The monoisotopic (exact) mass is 577 g/mol. The average molecular weight is 578 g/mol. The Bertz CT molecular complexity index is 2230. The first kappa shape index (κ1) is 26.6. The molecule has 0 bridgehead atoms. The number of nitrogen functional groups attached to an aromatic ring is 1. The number of aromatic amines is 1. The highest BCUT2D eigenvalue weighted by molar-refractivity contribution is 6.17.